The Morgan fingerprint density at radius 1 is 1.33 bits per heavy atom. The SMILES string of the molecule is COc1cccc(/C=C(\C#N)c2nc3sc4c(c3c(=O)[nH]2)CCCC4)c1OC(C)C. The molecule has 0 spiro atoms. The van der Waals surface area contributed by atoms with Gasteiger partial charge in [0.15, 0.2) is 17.3 Å². The average Bonchev–Trinajstić information content (AvgIpc) is 3.11. The second kappa shape index (κ2) is 8.33. The zero-order valence-electron chi connectivity index (χ0n) is 17.2. The third-order valence-electron chi connectivity index (χ3n) is 5.08. The summed E-state index contributed by atoms with van der Waals surface area (Å²) in [5.41, 5.74) is 1.90. The Balaban J connectivity index is 1.84. The highest BCUT2D eigenvalue weighted by Gasteiger charge is 2.21. The first-order valence-electron chi connectivity index (χ1n) is 10.0. The number of nitrogens with one attached hydrogen (secondary N) is 1. The first-order chi connectivity index (χ1) is 14.5. The van der Waals surface area contributed by atoms with Crippen LogP contribution >= 0.6 is 11.3 Å². The number of H-pyrrole nitrogens is 1. The maximum Gasteiger partial charge on any atom is 0.260 e. The number of allylic oxidation sites excluding steroid dienone is 1. The molecule has 4 rings (SSSR count). The molecule has 0 unspecified atom stereocenters. The van der Waals surface area contributed by atoms with Crippen molar-refractivity contribution in [2.75, 3.05) is 7.11 Å². The van der Waals surface area contributed by atoms with Crippen molar-refractivity contribution in [3.63, 3.8) is 0 Å². The summed E-state index contributed by atoms with van der Waals surface area (Å²) in [6.45, 7) is 3.85. The fourth-order valence-electron chi connectivity index (χ4n) is 3.77. The summed E-state index contributed by atoms with van der Waals surface area (Å²) in [6.07, 6.45) is 5.76. The summed E-state index contributed by atoms with van der Waals surface area (Å²) in [5.74, 6) is 1.40. The lowest BCUT2D eigenvalue weighted by molar-refractivity contribution is 0.229. The number of nitrogens with zero attached hydrogens (tertiary/aromatic N) is 2. The van der Waals surface area contributed by atoms with Crippen molar-refractivity contribution in [2.24, 2.45) is 0 Å². The predicted molar refractivity (Wildman–Crippen MR) is 119 cm³/mol. The van der Waals surface area contributed by atoms with E-state index in [-0.39, 0.29) is 23.1 Å². The van der Waals surface area contributed by atoms with E-state index in [0.717, 1.165) is 31.2 Å². The lowest BCUT2D eigenvalue weighted by Crippen LogP contribution is -2.12. The summed E-state index contributed by atoms with van der Waals surface area (Å²) in [5, 5.41) is 10.5. The molecule has 0 saturated carbocycles. The van der Waals surface area contributed by atoms with Crippen LogP contribution in [0.15, 0.2) is 23.0 Å². The highest BCUT2D eigenvalue weighted by molar-refractivity contribution is 7.18. The highest BCUT2D eigenvalue weighted by atomic mass is 32.1. The van der Waals surface area contributed by atoms with Gasteiger partial charge in [-0.3, -0.25) is 4.79 Å². The lowest BCUT2D eigenvalue weighted by Gasteiger charge is -2.16. The molecule has 0 amide bonds. The molecule has 0 radical (unpaired) electrons. The van der Waals surface area contributed by atoms with Crippen molar-refractivity contribution in [2.45, 2.75) is 45.6 Å². The predicted octanol–water partition coefficient (Wildman–Crippen LogP) is 4.72. The van der Waals surface area contributed by atoms with Crippen LogP contribution in [-0.2, 0) is 12.8 Å². The largest absolute Gasteiger partial charge is 0.493 e. The molecule has 2 heterocycles. The second-order valence-electron chi connectivity index (χ2n) is 7.52. The molecule has 6 nitrogen and oxygen atoms in total. The van der Waals surface area contributed by atoms with Gasteiger partial charge in [0.25, 0.3) is 5.56 Å². The standard InChI is InChI=1S/C23H23N3O3S/c1-13(2)29-20-14(7-6-9-17(20)28-3)11-15(12-24)21-25-22(27)19-16-8-4-5-10-18(16)30-23(19)26-21/h6-7,9,11,13H,4-5,8,10H2,1-3H3,(H,25,26,27)/b15-11+. The summed E-state index contributed by atoms with van der Waals surface area (Å²) in [4.78, 5) is 22.3. The number of methoxy groups -OCH3 is 1. The van der Waals surface area contributed by atoms with Crippen LogP contribution in [0, 0.1) is 11.3 Å². The van der Waals surface area contributed by atoms with Gasteiger partial charge in [-0.05, 0) is 57.2 Å². The van der Waals surface area contributed by atoms with E-state index in [2.05, 4.69) is 16.0 Å². The van der Waals surface area contributed by atoms with Crippen molar-refractivity contribution in [1.82, 2.24) is 9.97 Å². The Morgan fingerprint density at radius 3 is 2.87 bits per heavy atom. The molecule has 154 valence electrons. The third-order valence-corrected chi connectivity index (χ3v) is 6.27. The Morgan fingerprint density at radius 2 is 2.13 bits per heavy atom. The summed E-state index contributed by atoms with van der Waals surface area (Å²) in [7, 11) is 1.58. The number of hydrogen-bond acceptors (Lipinski definition) is 6. The minimum Gasteiger partial charge on any atom is -0.493 e. The van der Waals surface area contributed by atoms with E-state index >= 15 is 0 Å². The molecule has 0 aliphatic heterocycles. The first kappa shape index (κ1) is 20.2. The van der Waals surface area contributed by atoms with E-state index in [1.54, 1.807) is 24.5 Å². The molecule has 0 fully saturated rings. The van der Waals surface area contributed by atoms with Crippen LogP contribution < -0.4 is 15.0 Å². The topological polar surface area (TPSA) is 88.0 Å². The zero-order valence-corrected chi connectivity index (χ0v) is 18.1. The molecule has 1 aromatic carbocycles. The number of nitriles is 1. The van der Waals surface area contributed by atoms with Crippen molar-refractivity contribution in [1.29, 1.82) is 5.26 Å². The molecule has 0 atom stereocenters. The number of para-hydroxylation sites is 1. The van der Waals surface area contributed by atoms with Gasteiger partial charge in [0.2, 0.25) is 0 Å². The van der Waals surface area contributed by atoms with Gasteiger partial charge in [-0.25, -0.2) is 4.98 Å². The number of aromatic amines is 1. The van der Waals surface area contributed by atoms with Crippen LogP contribution in [0.25, 0.3) is 21.9 Å². The maximum atomic E-state index is 12.8. The van der Waals surface area contributed by atoms with Crippen molar-refractivity contribution >= 4 is 33.2 Å². The van der Waals surface area contributed by atoms with Gasteiger partial charge in [0, 0.05) is 10.4 Å². The van der Waals surface area contributed by atoms with Crippen LogP contribution in [0.4, 0.5) is 0 Å². The average molecular weight is 422 g/mol. The van der Waals surface area contributed by atoms with Gasteiger partial charge in [-0.15, -0.1) is 11.3 Å². The number of rotatable bonds is 5. The van der Waals surface area contributed by atoms with E-state index in [4.69, 9.17) is 9.47 Å². The summed E-state index contributed by atoms with van der Waals surface area (Å²) in [6, 6.07) is 7.66. The maximum absolute atomic E-state index is 12.8. The molecule has 3 aromatic rings. The van der Waals surface area contributed by atoms with Gasteiger partial charge in [0.05, 0.1) is 24.2 Å². The lowest BCUT2D eigenvalue weighted by atomic mass is 9.97. The number of aryl methyl sites for hydroxylation is 2. The van der Waals surface area contributed by atoms with E-state index < -0.39 is 0 Å². The first-order valence-corrected chi connectivity index (χ1v) is 10.8. The van der Waals surface area contributed by atoms with Crippen LogP contribution in [0.1, 0.15) is 48.5 Å². The van der Waals surface area contributed by atoms with E-state index in [1.807, 2.05) is 32.0 Å². The molecular weight excluding hydrogens is 398 g/mol. The second-order valence-corrected chi connectivity index (χ2v) is 8.60. The van der Waals surface area contributed by atoms with Crippen molar-refractivity contribution < 1.29 is 9.47 Å². The molecular formula is C23H23N3O3S. The summed E-state index contributed by atoms with van der Waals surface area (Å²) >= 11 is 1.57. The quantitative estimate of drug-likeness (QED) is 0.602. The van der Waals surface area contributed by atoms with Crippen LogP contribution in [-0.4, -0.2) is 23.2 Å². The molecule has 2 aromatic heterocycles. The van der Waals surface area contributed by atoms with Gasteiger partial charge < -0.3 is 14.5 Å². The van der Waals surface area contributed by atoms with Crippen molar-refractivity contribution in [3.8, 4) is 17.6 Å². The van der Waals surface area contributed by atoms with Gasteiger partial charge in [-0.1, -0.05) is 12.1 Å². The Labute approximate surface area is 178 Å². The monoisotopic (exact) mass is 421 g/mol. The molecule has 1 aliphatic rings. The van der Waals surface area contributed by atoms with Crippen LogP contribution in [0.3, 0.4) is 0 Å². The zero-order chi connectivity index (χ0) is 21.3. The number of hydrogen-bond donors (Lipinski definition) is 1. The smallest absolute Gasteiger partial charge is 0.260 e. The fourth-order valence-corrected chi connectivity index (χ4v) is 5.03. The number of thiophene rings is 1. The van der Waals surface area contributed by atoms with Gasteiger partial charge in [0.1, 0.15) is 10.9 Å². The minimum atomic E-state index is -0.181. The normalized spacial score (nSPS) is 13.9. The molecule has 1 N–H and O–H groups in total. The van der Waals surface area contributed by atoms with E-state index in [9.17, 15) is 10.1 Å². The number of aromatic nitrogens is 2. The van der Waals surface area contributed by atoms with E-state index in [0.29, 0.717) is 27.3 Å². The molecule has 7 heteroatoms. The molecule has 0 saturated heterocycles. The molecule has 0 bridgehead atoms. The van der Waals surface area contributed by atoms with Crippen LogP contribution in [0.2, 0.25) is 0 Å². The Hall–Kier alpha value is -3.11. The summed E-state index contributed by atoms with van der Waals surface area (Å²) < 4.78 is 11.4. The van der Waals surface area contributed by atoms with Gasteiger partial charge in [-0.2, -0.15) is 5.26 Å². The molecule has 1 aliphatic carbocycles. The molecule has 30 heavy (non-hydrogen) atoms. The highest BCUT2D eigenvalue weighted by Crippen LogP contribution is 2.36. The van der Waals surface area contributed by atoms with Crippen molar-refractivity contribution in [3.05, 3.63) is 50.4 Å². The minimum absolute atomic E-state index is 0.0642. The van der Waals surface area contributed by atoms with Crippen LogP contribution in [0.5, 0.6) is 11.5 Å². The Bertz CT molecular complexity index is 1230. The van der Waals surface area contributed by atoms with E-state index in [1.165, 1.54) is 4.88 Å². The number of fused-ring (bicyclic) bond motifs is 3. The third kappa shape index (κ3) is 3.71. The van der Waals surface area contributed by atoms with Gasteiger partial charge >= 0.3 is 0 Å². The number of benzene rings is 1. The number of ether oxygens (including phenoxy) is 2. The fraction of sp³-hybridized carbons (Fsp3) is 0.348. The Kier molecular flexibility index (Phi) is 5.60.